The standard InChI is InChI=1S/C15H18BFO4/c1-14(2)15(3,4)21-16(20-14)11-7-5-10(9-12(11)17)6-8-13(18)19/h5-9H,1-4H3,(H,18,19)/b8-6+. The van der Waals surface area contributed by atoms with Gasteiger partial charge in [-0.25, -0.2) is 9.18 Å². The Kier molecular flexibility index (Phi) is 3.95. The van der Waals surface area contributed by atoms with Crippen molar-refractivity contribution in [2.45, 2.75) is 38.9 Å². The number of benzene rings is 1. The number of carbonyl (C=O) groups is 1. The van der Waals surface area contributed by atoms with Crippen molar-refractivity contribution in [3.63, 3.8) is 0 Å². The summed E-state index contributed by atoms with van der Waals surface area (Å²) in [7, 11) is -0.771. The summed E-state index contributed by atoms with van der Waals surface area (Å²) in [6.45, 7) is 7.59. The van der Waals surface area contributed by atoms with Gasteiger partial charge in [0.25, 0.3) is 0 Å². The van der Waals surface area contributed by atoms with Gasteiger partial charge in [0.15, 0.2) is 0 Å². The molecule has 21 heavy (non-hydrogen) atoms. The number of hydrogen-bond donors (Lipinski definition) is 1. The molecular weight excluding hydrogens is 274 g/mol. The second-order valence-corrected chi connectivity index (χ2v) is 6.04. The first kappa shape index (κ1) is 15.7. The number of hydrogen-bond acceptors (Lipinski definition) is 3. The van der Waals surface area contributed by atoms with Crippen LogP contribution in [0.5, 0.6) is 0 Å². The van der Waals surface area contributed by atoms with Crippen LogP contribution in [0.4, 0.5) is 4.39 Å². The lowest BCUT2D eigenvalue weighted by molar-refractivity contribution is -0.131. The first-order chi connectivity index (χ1) is 9.62. The van der Waals surface area contributed by atoms with E-state index in [4.69, 9.17) is 14.4 Å². The van der Waals surface area contributed by atoms with Crippen LogP contribution in [0.1, 0.15) is 33.3 Å². The molecule has 0 amide bonds. The monoisotopic (exact) mass is 292 g/mol. The van der Waals surface area contributed by atoms with Crippen molar-refractivity contribution in [1.29, 1.82) is 0 Å². The maximum absolute atomic E-state index is 14.2. The van der Waals surface area contributed by atoms with Crippen LogP contribution in [0.25, 0.3) is 6.08 Å². The Hall–Kier alpha value is -1.66. The zero-order valence-electron chi connectivity index (χ0n) is 12.5. The van der Waals surface area contributed by atoms with Crippen LogP contribution in [-0.2, 0) is 14.1 Å². The topological polar surface area (TPSA) is 55.8 Å². The van der Waals surface area contributed by atoms with Crippen molar-refractivity contribution in [3.05, 3.63) is 35.7 Å². The highest BCUT2D eigenvalue weighted by Gasteiger charge is 2.52. The lowest BCUT2D eigenvalue weighted by atomic mass is 9.78. The van der Waals surface area contributed by atoms with Gasteiger partial charge >= 0.3 is 13.1 Å². The summed E-state index contributed by atoms with van der Waals surface area (Å²) in [4.78, 5) is 10.5. The van der Waals surface area contributed by atoms with E-state index in [1.807, 2.05) is 27.7 Å². The summed E-state index contributed by atoms with van der Waals surface area (Å²) in [5.41, 5.74) is -0.297. The molecule has 1 aliphatic heterocycles. The van der Waals surface area contributed by atoms with E-state index in [0.717, 1.165) is 6.08 Å². The van der Waals surface area contributed by atoms with Crippen molar-refractivity contribution < 1.29 is 23.6 Å². The molecule has 6 heteroatoms. The molecule has 0 atom stereocenters. The molecule has 0 unspecified atom stereocenters. The van der Waals surface area contributed by atoms with Gasteiger partial charge in [-0.3, -0.25) is 0 Å². The minimum atomic E-state index is -1.08. The zero-order valence-corrected chi connectivity index (χ0v) is 12.5. The molecule has 1 aromatic rings. The molecule has 0 aromatic heterocycles. The SMILES string of the molecule is CC1(C)OB(c2ccc(/C=C/C(=O)O)cc2F)OC1(C)C. The largest absolute Gasteiger partial charge is 0.497 e. The van der Waals surface area contributed by atoms with E-state index >= 15 is 0 Å². The Balaban J connectivity index is 2.25. The van der Waals surface area contributed by atoms with Crippen LogP contribution in [0.15, 0.2) is 24.3 Å². The minimum Gasteiger partial charge on any atom is -0.478 e. The summed E-state index contributed by atoms with van der Waals surface area (Å²) >= 11 is 0. The van der Waals surface area contributed by atoms with Gasteiger partial charge < -0.3 is 14.4 Å². The predicted molar refractivity (Wildman–Crippen MR) is 78.8 cm³/mol. The van der Waals surface area contributed by atoms with Gasteiger partial charge in [-0.1, -0.05) is 12.1 Å². The van der Waals surface area contributed by atoms with E-state index in [2.05, 4.69) is 0 Å². The second kappa shape index (κ2) is 5.28. The molecule has 0 spiro atoms. The van der Waals surface area contributed by atoms with E-state index < -0.39 is 30.1 Å². The Morgan fingerprint density at radius 2 is 1.81 bits per heavy atom. The smallest absolute Gasteiger partial charge is 0.478 e. The average Bonchev–Trinajstić information content (AvgIpc) is 2.55. The first-order valence-electron chi connectivity index (χ1n) is 6.68. The zero-order chi connectivity index (χ0) is 15.8. The van der Waals surface area contributed by atoms with Crippen LogP contribution in [0.2, 0.25) is 0 Å². The van der Waals surface area contributed by atoms with E-state index in [9.17, 15) is 9.18 Å². The normalized spacial score (nSPS) is 20.1. The second-order valence-electron chi connectivity index (χ2n) is 6.04. The third-order valence-electron chi connectivity index (χ3n) is 3.95. The van der Waals surface area contributed by atoms with Gasteiger partial charge in [-0.15, -0.1) is 0 Å². The molecule has 1 heterocycles. The Bertz CT molecular complexity index is 579. The average molecular weight is 292 g/mol. The van der Waals surface area contributed by atoms with Crippen molar-refractivity contribution in [2.24, 2.45) is 0 Å². The molecule has 1 N–H and O–H groups in total. The van der Waals surface area contributed by atoms with Gasteiger partial charge in [-0.05, 0) is 45.4 Å². The molecule has 0 saturated carbocycles. The Morgan fingerprint density at radius 3 is 2.29 bits per heavy atom. The molecule has 1 aromatic carbocycles. The molecule has 2 rings (SSSR count). The molecule has 4 nitrogen and oxygen atoms in total. The highest BCUT2D eigenvalue weighted by molar-refractivity contribution is 6.62. The van der Waals surface area contributed by atoms with Gasteiger partial charge in [0.05, 0.1) is 11.2 Å². The molecule has 0 bridgehead atoms. The molecule has 1 aliphatic rings. The maximum Gasteiger partial charge on any atom is 0.497 e. The number of carboxylic acids is 1. The minimum absolute atomic E-state index is 0.307. The fourth-order valence-corrected chi connectivity index (χ4v) is 1.98. The highest BCUT2D eigenvalue weighted by Crippen LogP contribution is 2.36. The molecule has 0 aliphatic carbocycles. The van der Waals surface area contributed by atoms with Gasteiger partial charge in [-0.2, -0.15) is 0 Å². The maximum atomic E-state index is 14.2. The summed E-state index contributed by atoms with van der Waals surface area (Å²) in [6.07, 6.45) is 2.29. The highest BCUT2D eigenvalue weighted by atomic mass is 19.1. The predicted octanol–water partition coefficient (Wildman–Crippen LogP) is 2.22. The van der Waals surface area contributed by atoms with Crippen molar-refractivity contribution >= 4 is 24.6 Å². The lowest BCUT2D eigenvalue weighted by Crippen LogP contribution is -2.41. The van der Waals surface area contributed by atoms with Crippen LogP contribution < -0.4 is 5.46 Å². The molecule has 0 radical (unpaired) electrons. The van der Waals surface area contributed by atoms with Gasteiger partial charge in [0.1, 0.15) is 5.82 Å². The quantitative estimate of drug-likeness (QED) is 0.685. The van der Waals surface area contributed by atoms with E-state index in [0.29, 0.717) is 11.0 Å². The Labute approximate surface area is 123 Å². The fraction of sp³-hybridized carbons (Fsp3) is 0.400. The summed E-state index contributed by atoms with van der Waals surface area (Å²) in [5.74, 6) is -1.56. The summed E-state index contributed by atoms with van der Waals surface area (Å²) in [6, 6.07) is 4.45. The van der Waals surface area contributed by atoms with Crippen molar-refractivity contribution in [2.75, 3.05) is 0 Å². The van der Waals surface area contributed by atoms with Crippen LogP contribution >= 0.6 is 0 Å². The van der Waals surface area contributed by atoms with E-state index in [-0.39, 0.29) is 0 Å². The third kappa shape index (κ3) is 3.17. The van der Waals surface area contributed by atoms with Crippen molar-refractivity contribution in [1.82, 2.24) is 0 Å². The number of halogens is 1. The van der Waals surface area contributed by atoms with Gasteiger partial charge in [0, 0.05) is 11.5 Å². The lowest BCUT2D eigenvalue weighted by Gasteiger charge is -2.32. The number of carboxylic acid groups (broad SMARTS) is 1. The van der Waals surface area contributed by atoms with E-state index in [1.165, 1.54) is 12.1 Å². The molecule has 1 fully saturated rings. The summed E-state index contributed by atoms with van der Waals surface area (Å²) in [5, 5.41) is 8.57. The molecule has 1 saturated heterocycles. The molecule has 112 valence electrons. The fourth-order valence-electron chi connectivity index (χ4n) is 1.98. The summed E-state index contributed by atoms with van der Waals surface area (Å²) < 4.78 is 25.8. The van der Waals surface area contributed by atoms with E-state index in [1.54, 1.807) is 12.1 Å². The number of aliphatic carboxylic acids is 1. The third-order valence-corrected chi connectivity index (χ3v) is 3.95. The van der Waals surface area contributed by atoms with Crippen LogP contribution in [0.3, 0.4) is 0 Å². The Morgan fingerprint density at radius 1 is 1.24 bits per heavy atom. The van der Waals surface area contributed by atoms with Crippen LogP contribution in [-0.4, -0.2) is 29.4 Å². The number of rotatable bonds is 3. The van der Waals surface area contributed by atoms with Crippen LogP contribution in [0, 0.1) is 5.82 Å². The van der Waals surface area contributed by atoms with Gasteiger partial charge in [0.2, 0.25) is 0 Å². The first-order valence-corrected chi connectivity index (χ1v) is 6.68. The molecular formula is C15H18BFO4. The van der Waals surface area contributed by atoms with Crippen molar-refractivity contribution in [3.8, 4) is 0 Å².